The van der Waals surface area contributed by atoms with Crippen molar-refractivity contribution in [1.82, 2.24) is 0 Å². The number of aryl methyl sites for hydroxylation is 1. The van der Waals surface area contributed by atoms with Crippen LogP contribution < -0.4 is 55.3 Å². The minimum absolute atomic E-state index is 0. The van der Waals surface area contributed by atoms with Crippen molar-refractivity contribution in [3.63, 3.8) is 0 Å². The lowest BCUT2D eigenvalue weighted by molar-refractivity contribution is 0.00580. The van der Waals surface area contributed by atoms with Crippen LogP contribution in [-0.2, 0) is 14.2 Å². The first kappa shape index (κ1) is 98.2. The number of nitrogens with one attached hydrogen (secondary N) is 3. The molecule has 8 N–H and O–H groups in total. The molecule has 11 aromatic carbocycles. The normalized spacial score (nSPS) is 13.1. The molecular weight excluding hydrogens is 1670 g/mol. The number of hydrogen-bond acceptors (Lipinski definition) is 20. The van der Waals surface area contributed by atoms with Crippen molar-refractivity contribution in [2.75, 3.05) is 104 Å². The Morgan fingerprint density at radius 3 is 0.900 bits per heavy atom. The van der Waals surface area contributed by atoms with E-state index in [2.05, 4.69) is 36.7 Å². The number of methoxy groups -OCH3 is 4. The third-order valence-electron chi connectivity index (χ3n) is 21.7. The van der Waals surface area contributed by atoms with Crippen molar-refractivity contribution >= 4 is 93.8 Å². The second-order valence-corrected chi connectivity index (χ2v) is 34.6. The molecule has 0 saturated carbocycles. The fourth-order valence-corrected chi connectivity index (χ4v) is 15.3. The number of halogens is 1. The maximum atomic E-state index is 13.6. The van der Waals surface area contributed by atoms with E-state index in [0.29, 0.717) is 50.9 Å². The highest BCUT2D eigenvalue weighted by atomic mass is 35.5. The maximum Gasteiger partial charge on any atom is 0.340 e. The van der Waals surface area contributed by atoms with E-state index in [4.69, 9.17) is 38.9 Å². The molecule has 0 unspecified atom stereocenters. The van der Waals surface area contributed by atoms with Gasteiger partial charge in [0.25, 0.3) is 17.7 Å². The summed E-state index contributed by atoms with van der Waals surface area (Å²) in [6, 6.07) is 66.7. The number of para-hydroxylation sites is 4. The Hall–Kier alpha value is -14.0. The van der Waals surface area contributed by atoms with Gasteiger partial charge >= 0.3 is 23.9 Å². The van der Waals surface area contributed by atoms with Gasteiger partial charge in [0.15, 0.2) is 0 Å². The van der Waals surface area contributed by atoms with E-state index in [-0.39, 0.29) is 63.4 Å². The fraction of sp³-hybridized carbons (Fsp3) is 0.305. The van der Waals surface area contributed by atoms with Crippen molar-refractivity contribution in [2.45, 2.75) is 144 Å². The van der Waals surface area contributed by atoms with E-state index in [1.54, 1.807) is 128 Å². The topological polar surface area (TPSA) is 317 Å². The lowest BCUT2D eigenvalue weighted by atomic mass is 10.0. The first-order valence-electron chi connectivity index (χ1n) is 43.4. The number of nitrogens with two attached hydrogens (primary N) is 1. The number of carbonyl (C=O) groups is 7. The molecule has 24 nitrogen and oxygen atoms in total. The smallest absolute Gasteiger partial charge is 0.340 e. The van der Waals surface area contributed by atoms with E-state index in [1.807, 2.05) is 176 Å². The van der Waals surface area contributed by atoms with Crippen LogP contribution in [0.15, 0.2) is 224 Å². The van der Waals surface area contributed by atoms with E-state index in [0.717, 1.165) is 145 Å². The molecular formula is C105H118ClN7O17. The average molecular weight is 1790 g/mol. The Labute approximate surface area is 767 Å². The van der Waals surface area contributed by atoms with Crippen LogP contribution in [-0.4, -0.2) is 141 Å². The summed E-state index contributed by atoms with van der Waals surface area (Å²) in [5.74, 6) is -1.52. The van der Waals surface area contributed by atoms with E-state index in [9.17, 15) is 48.9 Å². The summed E-state index contributed by atoms with van der Waals surface area (Å²) in [6.07, 6.45) is 10.3. The van der Waals surface area contributed by atoms with Gasteiger partial charge in [-0.1, -0.05) is 103 Å². The van der Waals surface area contributed by atoms with Crippen molar-refractivity contribution in [2.24, 2.45) is 0 Å². The molecule has 3 aliphatic heterocycles. The predicted molar refractivity (Wildman–Crippen MR) is 517 cm³/mol. The molecule has 0 bridgehead atoms. The summed E-state index contributed by atoms with van der Waals surface area (Å²) < 4.78 is 38.4. The number of carbonyl (C=O) groups excluding carboxylic acids is 6. The number of benzene rings is 11. The summed E-state index contributed by atoms with van der Waals surface area (Å²) in [5.41, 5.74) is 17.1. The zero-order valence-corrected chi connectivity index (χ0v) is 77.2. The number of rotatable bonds is 21. The number of phenolic OH excluding ortho intramolecular Hbond substituents is 2. The van der Waals surface area contributed by atoms with E-state index < -0.39 is 52.5 Å². The van der Waals surface area contributed by atoms with Crippen molar-refractivity contribution < 1.29 is 82.0 Å². The summed E-state index contributed by atoms with van der Waals surface area (Å²) in [7, 11) is 6.39. The molecule has 11 aromatic rings. The Bertz CT molecular complexity index is 5650. The number of amides is 3. The Kier molecular flexibility index (Phi) is 33.7. The van der Waals surface area contributed by atoms with Crippen molar-refractivity contribution in [3.8, 4) is 79.0 Å². The number of nitrogens with zero attached hydrogens (tertiary/aromatic N) is 3. The number of aromatic hydroxyl groups is 2. The number of ether oxygens (including phenoxy) is 7. The SMILES string of the molecule is COc1ccccc1-c1ccc(C(=O)O)c(NC(=O)c2cc(N3CCCCC3)ccc2O)c1.COc1ccccc1-c1ccc(C(=O)OC(C)(C)C)c(N)c1.COc1ccccc1-c1ccc(C(=O)OC(C)(C)C)c(NC(=O)c2cc(N3CCCCC3)ccc2C)c1.COc1ccccc1-c1ccc(C(=O)OC(C)(C)C)c(NC(=O)c2cc(N3CCCCC3)ccc2O)c1.Cl. The summed E-state index contributed by atoms with van der Waals surface area (Å²) >= 11 is 0. The van der Waals surface area contributed by atoms with Gasteiger partial charge in [-0.25, -0.2) is 19.2 Å². The van der Waals surface area contributed by atoms with Crippen LogP contribution in [0.5, 0.6) is 34.5 Å². The zero-order chi connectivity index (χ0) is 92.9. The Morgan fingerprint density at radius 1 is 0.323 bits per heavy atom. The van der Waals surface area contributed by atoms with Gasteiger partial charge in [0, 0.05) is 89.8 Å². The molecule has 0 radical (unpaired) electrons. The number of hydrogen-bond donors (Lipinski definition) is 7. The van der Waals surface area contributed by atoms with Gasteiger partial charge in [0.2, 0.25) is 0 Å². The second kappa shape index (κ2) is 44.6. The number of phenols is 2. The highest BCUT2D eigenvalue weighted by molar-refractivity contribution is 6.13. The van der Waals surface area contributed by atoms with Crippen LogP contribution in [0.4, 0.5) is 39.8 Å². The number of piperidine rings is 3. The third kappa shape index (κ3) is 26.1. The fourth-order valence-electron chi connectivity index (χ4n) is 15.3. The van der Waals surface area contributed by atoms with E-state index >= 15 is 0 Å². The predicted octanol–water partition coefficient (Wildman–Crippen LogP) is 22.5. The number of carboxylic acid groups (broad SMARTS) is 1. The van der Waals surface area contributed by atoms with Crippen molar-refractivity contribution in [3.05, 3.63) is 269 Å². The standard InChI is InChI=1S/C31H36N2O4.C30H34N2O5.C26H26N2O5.C18H21NO3.ClH/c1-21-13-15-23(33-17-9-6-10-18-33)20-26(21)29(34)32-27-19-22(24-11-7-8-12-28(24)36-5)14-16-25(27)30(35)37-31(2,3)4;1-30(2,3)37-29(35)23-14-12-20(22-10-6-7-11-27(22)36-4)18-25(23)31-28(34)24-19-21(13-15-26(24)33)32-16-8-5-9-17-32;1-33-24-8-4-3-7-19(24)17-9-11-20(26(31)32)22(15-17)27-25(30)21-16-18(10-12-23(21)29)28-13-5-2-6-14-28;1-18(2,3)22-17(20)14-10-9-12(11-15(14)19)13-7-5-6-8-16(13)21-4;/h7-8,11-16,19-20H,6,9-10,17-18H2,1-5H3,(H,32,34);6-7,10-15,18-19,33H,5,8-9,16-17H2,1-4H3,(H,31,34);3-4,7-12,15-16,29H,2,5-6,13-14H2,1H3,(H,27,30)(H,31,32);5-11H,19H2,1-4H3;1H. The van der Waals surface area contributed by atoms with Crippen LogP contribution >= 0.6 is 12.4 Å². The monoisotopic (exact) mass is 1780 g/mol. The number of nitrogen functional groups attached to an aromatic ring is 1. The Balaban J connectivity index is 0.000000183. The molecule has 0 aliphatic carbocycles. The van der Waals surface area contributed by atoms with Crippen molar-refractivity contribution in [1.29, 1.82) is 0 Å². The van der Waals surface area contributed by atoms with Gasteiger partial charge in [0.05, 0.1) is 78.9 Å². The molecule has 3 amide bonds. The summed E-state index contributed by atoms with van der Waals surface area (Å²) in [4.78, 5) is 96.9. The van der Waals surface area contributed by atoms with Crippen LogP contribution in [0.3, 0.4) is 0 Å². The van der Waals surface area contributed by atoms with Crippen LogP contribution in [0.1, 0.15) is 198 Å². The summed E-state index contributed by atoms with van der Waals surface area (Å²) in [6.45, 7) is 23.8. The van der Waals surface area contributed by atoms with Gasteiger partial charge in [0.1, 0.15) is 51.3 Å². The highest BCUT2D eigenvalue weighted by Crippen LogP contribution is 2.40. The largest absolute Gasteiger partial charge is 0.507 e. The molecule has 25 heteroatoms. The lowest BCUT2D eigenvalue weighted by Crippen LogP contribution is -2.29. The second-order valence-electron chi connectivity index (χ2n) is 34.6. The Morgan fingerprint density at radius 2 is 0.592 bits per heavy atom. The average Bonchev–Trinajstić information content (AvgIpc) is 0.824. The molecule has 130 heavy (non-hydrogen) atoms. The van der Waals surface area contributed by atoms with Gasteiger partial charge in [-0.2, -0.15) is 0 Å². The van der Waals surface area contributed by atoms with E-state index in [1.165, 1.54) is 31.4 Å². The summed E-state index contributed by atoms with van der Waals surface area (Å²) in [5, 5.41) is 39.1. The zero-order valence-electron chi connectivity index (χ0n) is 76.4. The van der Waals surface area contributed by atoms with Gasteiger partial charge in [-0.05, 0) is 276 Å². The molecule has 0 atom stereocenters. The van der Waals surface area contributed by atoms with Gasteiger partial charge in [-0.3, -0.25) is 14.4 Å². The molecule has 0 aromatic heterocycles. The molecule has 3 aliphatic rings. The third-order valence-corrected chi connectivity index (χ3v) is 21.7. The first-order chi connectivity index (χ1) is 61.6. The van der Waals surface area contributed by atoms with Crippen LogP contribution in [0.2, 0.25) is 0 Å². The van der Waals surface area contributed by atoms with Crippen LogP contribution in [0.25, 0.3) is 44.5 Å². The molecule has 3 fully saturated rings. The molecule has 14 rings (SSSR count). The quantitative estimate of drug-likeness (QED) is 0.0200. The molecule has 682 valence electrons. The molecule has 0 spiro atoms. The van der Waals surface area contributed by atoms with Gasteiger partial charge < -0.3 is 84.9 Å². The number of anilines is 7. The van der Waals surface area contributed by atoms with Gasteiger partial charge in [-0.15, -0.1) is 12.4 Å². The molecule has 3 heterocycles. The number of esters is 3. The minimum Gasteiger partial charge on any atom is -0.507 e. The lowest BCUT2D eigenvalue weighted by Gasteiger charge is -2.29. The molecule has 3 saturated heterocycles. The van der Waals surface area contributed by atoms with Crippen LogP contribution in [0, 0.1) is 6.92 Å². The first-order valence-corrected chi connectivity index (χ1v) is 43.4. The highest BCUT2D eigenvalue weighted by Gasteiger charge is 2.29. The maximum absolute atomic E-state index is 13.6. The number of carboxylic acids is 1. The number of aromatic carboxylic acids is 1. The minimum atomic E-state index is -1.16.